The zero-order valence-corrected chi connectivity index (χ0v) is 35.6. The molecule has 5 nitrogen and oxygen atoms in total. The number of hydrogen-bond donors (Lipinski definition) is 1. The van der Waals surface area contributed by atoms with Gasteiger partial charge in [0, 0.05) is 55.5 Å². The van der Waals surface area contributed by atoms with Crippen LogP contribution < -0.4 is 4.57 Å². The molecule has 0 bridgehead atoms. The summed E-state index contributed by atoms with van der Waals surface area (Å²) in [4.78, 5) is 17.2. The quantitative estimate of drug-likeness (QED) is 0.0621. The summed E-state index contributed by atoms with van der Waals surface area (Å²) >= 11 is 0. The molecule has 0 atom stereocenters. The first kappa shape index (κ1) is 42.7. The van der Waals surface area contributed by atoms with E-state index < -0.39 is 0 Å². The van der Waals surface area contributed by atoms with Crippen LogP contribution in [-0.2, 0) is 36.7 Å². The number of nitrogens with zero attached hydrogens (tertiary/aromatic N) is 2. The smallest absolute Gasteiger partial charge is 0.164 e. The molecule has 0 saturated heterocycles. The van der Waals surface area contributed by atoms with Gasteiger partial charge in [0.15, 0.2) is 5.78 Å². The van der Waals surface area contributed by atoms with E-state index in [1.54, 1.807) is 6.26 Å². The van der Waals surface area contributed by atoms with Gasteiger partial charge in [-0.05, 0) is 67.2 Å². The number of pyridine rings is 2. The van der Waals surface area contributed by atoms with Gasteiger partial charge in [0.25, 0.3) is 0 Å². The molecule has 0 fully saturated rings. The Balaban J connectivity index is 0.000000347. The number of furan rings is 1. The molecule has 2 aromatic carbocycles. The first-order chi connectivity index (χ1) is 24.0. The summed E-state index contributed by atoms with van der Waals surface area (Å²) in [6.07, 6.45) is 9.41. The van der Waals surface area contributed by atoms with Crippen molar-refractivity contribution in [3.63, 3.8) is 0 Å². The summed E-state index contributed by atoms with van der Waals surface area (Å²) < 4.78 is 7.69. The minimum absolute atomic E-state index is 0. The monoisotopic (exact) mass is 880 g/mol. The second-order valence-corrected chi connectivity index (χ2v) is 16.0. The molecule has 3 heterocycles. The van der Waals surface area contributed by atoms with Gasteiger partial charge in [0.1, 0.15) is 17.0 Å². The Bertz CT molecular complexity index is 2010. The van der Waals surface area contributed by atoms with Crippen molar-refractivity contribution in [1.29, 1.82) is 0 Å². The maximum Gasteiger partial charge on any atom is 0.164 e. The van der Waals surface area contributed by atoms with Gasteiger partial charge in [-0.3, -0.25) is 9.78 Å². The van der Waals surface area contributed by atoms with Crippen LogP contribution in [0.5, 0.6) is 0 Å². The molecule has 6 heteroatoms. The first-order valence-corrected chi connectivity index (χ1v) is 18.7. The Morgan fingerprint density at radius 3 is 2.15 bits per heavy atom. The zero-order chi connectivity index (χ0) is 37.7. The van der Waals surface area contributed by atoms with Crippen LogP contribution in [0.1, 0.15) is 113 Å². The number of fused-ring (bicyclic) bond motifs is 2. The molecule has 0 saturated carbocycles. The molecule has 0 amide bonds. The van der Waals surface area contributed by atoms with Crippen molar-refractivity contribution < 1.29 is 39.0 Å². The average molecular weight is 880 g/mol. The predicted molar refractivity (Wildman–Crippen MR) is 213 cm³/mol. The molecule has 5 aromatic rings. The van der Waals surface area contributed by atoms with E-state index in [0.717, 1.165) is 76.7 Å². The van der Waals surface area contributed by atoms with Crippen LogP contribution in [0.15, 0.2) is 83.3 Å². The second kappa shape index (κ2) is 17.4. The van der Waals surface area contributed by atoms with E-state index in [0.29, 0.717) is 5.92 Å². The number of aliphatic hydroxyl groups excluding tert-OH is 1. The van der Waals surface area contributed by atoms with Crippen LogP contribution in [0.25, 0.3) is 44.3 Å². The van der Waals surface area contributed by atoms with Gasteiger partial charge in [-0.25, -0.2) is 0 Å². The van der Waals surface area contributed by atoms with E-state index in [4.69, 9.17) is 9.40 Å². The predicted octanol–water partition coefficient (Wildman–Crippen LogP) is 12.2. The molecule has 3 aromatic heterocycles. The average Bonchev–Trinajstić information content (AvgIpc) is 3.59. The SMILES string of the molecule is CCC(C)(CC)C(=O)/C=C(\O)C(C)(CC)CC.[CH2-][n+]1ccc(-c2cc3occc3c(CC(C)C)n2)cc1-c1[c-]c2ccccc2c(C(C)(C)C)c1.[Ir]. The van der Waals surface area contributed by atoms with E-state index in [9.17, 15) is 9.90 Å². The fourth-order valence-electron chi connectivity index (χ4n) is 6.32. The molecule has 0 aliphatic carbocycles. The number of ketones is 1. The molecule has 1 N–H and O–H groups in total. The van der Waals surface area contributed by atoms with E-state index in [1.807, 2.05) is 64.4 Å². The van der Waals surface area contributed by atoms with Crippen LogP contribution in [0.3, 0.4) is 0 Å². The van der Waals surface area contributed by atoms with E-state index >= 15 is 0 Å². The van der Waals surface area contributed by atoms with Gasteiger partial charge in [-0.1, -0.05) is 105 Å². The number of rotatable bonds is 11. The maximum absolute atomic E-state index is 12.2. The summed E-state index contributed by atoms with van der Waals surface area (Å²) in [5, 5.41) is 13.6. The molecular formula is C46H59IrN2O3-. The summed E-state index contributed by atoms with van der Waals surface area (Å²) in [7, 11) is 4.26. The summed E-state index contributed by atoms with van der Waals surface area (Å²) in [6.45, 7) is 23.3. The zero-order valence-electron chi connectivity index (χ0n) is 33.2. The van der Waals surface area contributed by atoms with E-state index in [-0.39, 0.29) is 47.9 Å². The largest absolute Gasteiger partial charge is 0.512 e. The Labute approximate surface area is 326 Å². The minimum Gasteiger partial charge on any atom is -0.512 e. The second-order valence-electron chi connectivity index (χ2n) is 16.0. The number of hydrogen-bond acceptors (Lipinski definition) is 4. The third-order valence-corrected chi connectivity index (χ3v) is 10.9. The Morgan fingerprint density at radius 1 is 0.923 bits per heavy atom. The van der Waals surface area contributed by atoms with Crippen molar-refractivity contribution >= 4 is 27.5 Å². The van der Waals surface area contributed by atoms with Crippen molar-refractivity contribution in [3.05, 3.63) is 103 Å². The minimum atomic E-state index is -0.337. The van der Waals surface area contributed by atoms with Crippen molar-refractivity contribution in [2.45, 2.75) is 114 Å². The molecule has 0 unspecified atom stereocenters. The molecule has 52 heavy (non-hydrogen) atoms. The number of carbonyl (C=O) groups excluding carboxylic acids is 1. The van der Waals surface area contributed by atoms with Gasteiger partial charge >= 0.3 is 0 Å². The maximum atomic E-state index is 12.2. The first-order valence-electron chi connectivity index (χ1n) is 18.7. The van der Waals surface area contributed by atoms with Crippen LogP contribution in [0, 0.1) is 29.9 Å². The molecule has 281 valence electrons. The Hall–Kier alpha value is -3.73. The van der Waals surface area contributed by atoms with Crippen molar-refractivity contribution in [1.82, 2.24) is 4.98 Å². The van der Waals surface area contributed by atoms with Crippen molar-refractivity contribution in [2.75, 3.05) is 0 Å². The standard InChI is InChI=1S/C31H31N2O.C15H28O2.Ir/c1-20(2)15-28-25-12-14-34-30(25)19-27(32-28)22-11-13-33(6)29(18-22)23-16-21-9-7-8-10-24(21)26(17-23)31(3,4)5;1-7-14(5,8-2)12(16)11-13(17)15(6,9-3)10-4;/h7-14,17-20H,6,15H2,1-5H3;11,16H,7-10H2,1-6H3;/q-1;;/b;12-11-;. The summed E-state index contributed by atoms with van der Waals surface area (Å²) in [5.41, 5.74) is 6.64. The van der Waals surface area contributed by atoms with E-state index in [2.05, 4.69) is 90.2 Å². The molecule has 0 spiro atoms. The third-order valence-electron chi connectivity index (χ3n) is 10.9. The molecule has 0 aliphatic rings. The molecular weight excluding hydrogens is 821 g/mol. The van der Waals surface area contributed by atoms with Crippen LogP contribution in [0.2, 0.25) is 0 Å². The van der Waals surface area contributed by atoms with E-state index in [1.165, 1.54) is 17.0 Å². The van der Waals surface area contributed by atoms with Gasteiger partial charge in [-0.15, -0.1) is 29.1 Å². The van der Waals surface area contributed by atoms with Crippen LogP contribution >= 0.6 is 0 Å². The number of aliphatic hydroxyl groups is 1. The Kier molecular flexibility index (Phi) is 14.3. The third kappa shape index (κ3) is 9.43. The van der Waals surface area contributed by atoms with Gasteiger partial charge in [-0.2, -0.15) is 0 Å². The normalized spacial score (nSPS) is 12.5. The number of allylic oxidation sites excluding steroid dienone is 2. The van der Waals surface area contributed by atoms with Crippen LogP contribution in [-0.4, -0.2) is 15.9 Å². The van der Waals surface area contributed by atoms with Crippen molar-refractivity contribution in [3.8, 4) is 22.5 Å². The molecule has 5 rings (SSSR count). The number of aromatic nitrogens is 2. The van der Waals surface area contributed by atoms with Gasteiger partial charge in [0.2, 0.25) is 0 Å². The van der Waals surface area contributed by atoms with Gasteiger partial charge in [0.05, 0.1) is 23.8 Å². The summed E-state index contributed by atoms with van der Waals surface area (Å²) in [6, 6.07) is 22.7. The number of benzene rings is 2. The molecule has 0 aliphatic heterocycles. The molecule has 1 radical (unpaired) electrons. The fourth-order valence-corrected chi connectivity index (χ4v) is 6.32. The van der Waals surface area contributed by atoms with Crippen molar-refractivity contribution in [2.24, 2.45) is 16.7 Å². The van der Waals surface area contributed by atoms with Crippen LogP contribution in [0.4, 0.5) is 0 Å². The summed E-state index contributed by atoms with van der Waals surface area (Å²) in [5.74, 6) is 0.797. The Morgan fingerprint density at radius 2 is 1.56 bits per heavy atom. The fraction of sp³-hybridized carbons (Fsp3) is 0.435. The topological polar surface area (TPSA) is 67.2 Å². The number of carbonyl (C=O) groups is 1. The van der Waals surface area contributed by atoms with Gasteiger partial charge < -0.3 is 14.1 Å².